The Labute approximate surface area is 151 Å². The molecule has 2 atom stereocenters. The number of ether oxygens (including phenoxy) is 1. The van der Waals surface area contributed by atoms with Crippen molar-refractivity contribution in [1.82, 2.24) is 5.32 Å². The van der Waals surface area contributed by atoms with Gasteiger partial charge in [-0.05, 0) is 75.4 Å². The van der Waals surface area contributed by atoms with E-state index in [2.05, 4.69) is 51.2 Å². The molecule has 0 heterocycles. The van der Waals surface area contributed by atoms with Crippen molar-refractivity contribution in [3.8, 4) is 5.75 Å². The third-order valence-electron chi connectivity index (χ3n) is 4.69. The van der Waals surface area contributed by atoms with E-state index in [1.165, 1.54) is 22.3 Å². The average molecular weight is 339 g/mol. The normalized spacial score (nSPS) is 13.2. The van der Waals surface area contributed by atoms with E-state index in [1.807, 2.05) is 25.1 Å². The molecule has 0 aliphatic carbocycles. The molecule has 1 N–H and O–H groups in total. The van der Waals surface area contributed by atoms with Gasteiger partial charge < -0.3 is 10.1 Å². The number of aryl methyl sites for hydroxylation is 4. The summed E-state index contributed by atoms with van der Waals surface area (Å²) in [5, 5.41) is 3.13. The molecule has 0 radical (unpaired) electrons. The molecule has 0 spiro atoms. The second-order valence-corrected chi connectivity index (χ2v) is 6.84. The van der Waals surface area contributed by atoms with Crippen molar-refractivity contribution in [1.29, 1.82) is 0 Å². The van der Waals surface area contributed by atoms with Crippen molar-refractivity contribution in [2.24, 2.45) is 0 Å². The number of amides is 1. The Bertz CT molecular complexity index is 752. The monoisotopic (exact) mass is 339 g/mol. The van der Waals surface area contributed by atoms with Crippen molar-refractivity contribution in [3.63, 3.8) is 0 Å². The molecule has 0 saturated carbocycles. The maximum absolute atomic E-state index is 12.6. The summed E-state index contributed by atoms with van der Waals surface area (Å²) in [5.41, 5.74) is 5.97. The van der Waals surface area contributed by atoms with Crippen molar-refractivity contribution in [2.75, 3.05) is 0 Å². The summed E-state index contributed by atoms with van der Waals surface area (Å²) in [5.74, 6) is 0.635. The lowest BCUT2D eigenvalue weighted by Crippen LogP contribution is -2.38. The van der Waals surface area contributed by atoms with Crippen LogP contribution in [0.3, 0.4) is 0 Å². The van der Waals surface area contributed by atoms with Gasteiger partial charge in [-0.2, -0.15) is 0 Å². The highest BCUT2D eigenvalue weighted by Crippen LogP contribution is 2.22. The number of benzene rings is 2. The molecule has 0 aliphatic rings. The van der Waals surface area contributed by atoms with Crippen molar-refractivity contribution in [3.05, 3.63) is 64.2 Å². The first-order valence-electron chi connectivity index (χ1n) is 8.93. The van der Waals surface area contributed by atoms with E-state index >= 15 is 0 Å². The van der Waals surface area contributed by atoms with Crippen molar-refractivity contribution in [2.45, 2.75) is 60.1 Å². The number of carbonyl (C=O) groups excluding carboxylic acids is 1. The standard InChI is InChI=1S/C22H29NO2/c1-7-21(20-11-8-14(2)12-17(20)5)23-22(24)18(6)25-19-10-9-15(3)16(4)13-19/h8-13,18,21H,7H2,1-6H3,(H,23,24). The average Bonchev–Trinajstić information content (AvgIpc) is 2.56. The van der Waals surface area contributed by atoms with E-state index in [-0.39, 0.29) is 11.9 Å². The fourth-order valence-electron chi connectivity index (χ4n) is 2.95. The molecule has 0 saturated heterocycles. The highest BCUT2D eigenvalue weighted by atomic mass is 16.5. The Kier molecular flexibility index (Phi) is 6.24. The fraction of sp³-hybridized carbons (Fsp3) is 0.409. The highest BCUT2D eigenvalue weighted by molar-refractivity contribution is 5.81. The first kappa shape index (κ1) is 19.0. The van der Waals surface area contributed by atoms with Gasteiger partial charge in [0.15, 0.2) is 6.10 Å². The zero-order valence-corrected chi connectivity index (χ0v) is 16.1. The molecule has 0 aliphatic heterocycles. The van der Waals surface area contributed by atoms with Crippen molar-refractivity contribution < 1.29 is 9.53 Å². The van der Waals surface area contributed by atoms with Gasteiger partial charge in [-0.25, -0.2) is 0 Å². The molecule has 25 heavy (non-hydrogen) atoms. The first-order valence-corrected chi connectivity index (χ1v) is 8.93. The van der Waals surface area contributed by atoms with Crippen LogP contribution in [0.25, 0.3) is 0 Å². The number of nitrogens with one attached hydrogen (secondary N) is 1. The van der Waals surface area contributed by atoms with E-state index in [0.29, 0.717) is 0 Å². The molecule has 3 nitrogen and oxygen atoms in total. The number of hydrogen-bond acceptors (Lipinski definition) is 2. The van der Waals surface area contributed by atoms with Gasteiger partial charge in [0, 0.05) is 0 Å². The molecule has 2 unspecified atom stereocenters. The second kappa shape index (κ2) is 8.19. The minimum absolute atomic E-state index is 0.00101. The molecule has 2 aromatic rings. The van der Waals surface area contributed by atoms with Crippen LogP contribution in [0, 0.1) is 27.7 Å². The number of carbonyl (C=O) groups is 1. The Morgan fingerprint density at radius 1 is 1.00 bits per heavy atom. The predicted molar refractivity (Wildman–Crippen MR) is 103 cm³/mol. The Morgan fingerprint density at radius 3 is 2.32 bits per heavy atom. The molecular formula is C22H29NO2. The van der Waals surface area contributed by atoms with E-state index in [0.717, 1.165) is 17.7 Å². The van der Waals surface area contributed by atoms with Crippen LogP contribution >= 0.6 is 0 Å². The molecule has 0 fully saturated rings. The summed E-state index contributed by atoms with van der Waals surface area (Å²) >= 11 is 0. The summed E-state index contributed by atoms with van der Waals surface area (Å²) in [7, 11) is 0. The van der Waals surface area contributed by atoms with Gasteiger partial charge in [0.05, 0.1) is 6.04 Å². The lowest BCUT2D eigenvalue weighted by Gasteiger charge is -2.23. The summed E-state index contributed by atoms with van der Waals surface area (Å²) in [6.07, 6.45) is 0.299. The topological polar surface area (TPSA) is 38.3 Å². The summed E-state index contributed by atoms with van der Waals surface area (Å²) in [6, 6.07) is 12.2. The van der Waals surface area contributed by atoms with Gasteiger partial charge in [-0.3, -0.25) is 4.79 Å². The van der Waals surface area contributed by atoms with Gasteiger partial charge in [0.25, 0.3) is 5.91 Å². The number of rotatable bonds is 6. The van der Waals surface area contributed by atoms with Gasteiger partial charge >= 0.3 is 0 Å². The molecule has 0 aromatic heterocycles. The minimum atomic E-state index is -0.540. The van der Waals surface area contributed by atoms with Crippen LogP contribution < -0.4 is 10.1 Å². The largest absolute Gasteiger partial charge is 0.481 e. The van der Waals surface area contributed by atoms with Gasteiger partial charge in [0.1, 0.15) is 5.75 Å². The summed E-state index contributed by atoms with van der Waals surface area (Å²) in [4.78, 5) is 12.6. The zero-order chi connectivity index (χ0) is 18.6. The van der Waals surface area contributed by atoms with Crippen LogP contribution in [0.2, 0.25) is 0 Å². The molecule has 134 valence electrons. The molecular weight excluding hydrogens is 310 g/mol. The quantitative estimate of drug-likeness (QED) is 0.808. The summed E-state index contributed by atoms with van der Waals surface area (Å²) < 4.78 is 5.83. The lowest BCUT2D eigenvalue weighted by atomic mass is 9.97. The minimum Gasteiger partial charge on any atom is -0.481 e. The van der Waals surface area contributed by atoms with Crippen LogP contribution in [0.15, 0.2) is 36.4 Å². The van der Waals surface area contributed by atoms with Crippen molar-refractivity contribution >= 4 is 5.91 Å². The first-order chi connectivity index (χ1) is 11.8. The smallest absolute Gasteiger partial charge is 0.261 e. The maximum Gasteiger partial charge on any atom is 0.261 e. The lowest BCUT2D eigenvalue weighted by molar-refractivity contribution is -0.128. The van der Waals surface area contributed by atoms with Crippen LogP contribution in [0.4, 0.5) is 0 Å². The summed E-state index contributed by atoms with van der Waals surface area (Å²) in [6.45, 7) is 12.1. The van der Waals surface area contributed by atoms with Crippen LogP contribution in [-0.4, -0.2) is 12.0 Å². The Hall–Kier alpha value is -2.29. The Morgan fingerprint density at radius 2 is 1.72 bits per heavy atom. The molecule has 0 bridgehead atoms. The van der Waals surface area contributed by atoms with E-state index in [9.17, 15) is 4.79 Å². The van der Waals surface area contributed by atoms with Crippen LogP contribution in [-0.2, 0) is 4.79 Å². The van der Waals surface area contributed by atoms with E-state index < -0.39 is 6.10 Å². The number of hydrogen-bond donors (Lipinski definition) is 1. The molecule has 2 aromatic carbocycles. The van der Waals surface area contributed by atoms with Crippen LogP contribution in [0.5, 0.6) is 5.75 Å². The SMILES string of the molecule is CCC(NC(=O)C(C)Oc1ccc(C)c(C)c1)c1ccc(C)cc1C. The zero-order valence-electron chi connectivity index (χ0n) is 16.1. The third-order valence-corrected chi connectivity index (χ3v) is 4.69. The van der Waals surface area contributed by atoms with Gasteiger partial charge in [0.2, 0.25) is 0 Å². The van der Waals surface area contributed by atoms with E-state index in [4.69, 9.17) is 4.74 Å². The van der Waals surface area contributed by atoms with Crippen LogP contribution in [0.1, 0.15) is 54.1 Å². The van der Waals surface area contributed by atoms with E-state index in [1.54, 1.807) is 6.92 Å². The maximum atomic E-state index is 12.6. The third kappa shape index (κ3) is 4.85. The fourth-order valence-corrected chi connectivity index (χ4v) is 2.95. The predicted octanol–water partition coefficient (Wildman–Crippen LogP) is 4.96. The molecule has 1 amide bonds. The Balaban J connectivity index is 2.06. The second-order valence-electron chi connectivity index (χ2n) is 6.84. The van der Waals surface area contributed by atoms with Gasteiger partial charge in [-0.1, -0.05) is 36.8 Å². The molecule has 2 rings (SSSR count). The molecule has 3 heteroatoms. The van der Waals surface area contributed by atoms with Gasteiger partial charge in [-0.15, -0.1) is 0 Å². The highest BCUT2D eigenvalue weighted by Gasteiger charge is 2.20.